The Hall–Kier alpha value is -5.55. The van der Waals surface area contributed by atoms with E-state index in [1.165, 1.54) is 71.6 Å². The number of nitrogens with zero attached hydrogens (tertiary/aromatic N) is 2. The second-order valence-corrected chi connectivity index (χ2v) is 10.1. The molecule has 0 aliphatic heterocycles. The van der Waals surface area contributed by atoms with Gasteiger partial charge in [-0.05, 0) is 73.2 Å². The van der Waals surface area contributed by atoms with Gasteiger partial charge < -0.3 is 19.8 Å². The van der Waals surface area contributed by atoms with Crippen LogP contribution < -0.4 is 20.3 Å². The molecule has 0 saturated heterocycles. The lowest BCUT2D eigenvalue weighted by molar-refractivity contribution is 0.102. The molecule has 0 spiro atoms. The maximum atomic E-state index is 15.4. The second kappa shape index (κ2) is 12.2. The van der Waals surface area contributed by atoms with Gasteiger partial charge in [0.25, 0.3) is 11.5 Å². The fourth-order valence-electron chi connectivity index (χ4n) is 4.79. The first-order valence-electron chi connectivity index (χ1n) is 13.6. The number of aromatic nitrogens is 3. The number of hydrogen-bond acceptors (Lipinski definition) is 5. The molecule has 6 aromatic rings. The lowest BCUT2D eigenvalue weighted by atomic mass is 10.1. The van der Waals surface area contributed by atoms with E-state index in [9.17, 15) is 18.4 Å². The highest BCUT2D eigenvalue weighted by molar-refractivity contribution is 6.31. The van der Waals surface area contributed by atoms with Crippen LogP contribution in [0.5, 0.6) is 17.2 Å². The highest BCUT2D eigenvalue weighted by atomic mass is 35.5. The van der Waals surface area contributed by atoms with Crippen molar-refractivity contribution in [1.29, 1.82) is 0 Å². The predicted octanol–water partition coefficient (Wildman–Crippen LogP) is 7.89. The van der Waals surface area contributed by atoms with E-state index >= 15 is 4.39 Å². The van der Waals surface area contributed by atoms with Gasteiger partial charge in [-0.2, -0.15) is 0 Å². The van der Waals surface area contributed by atoms with Crippen molar-refractivity contribution < 1.29 is 27.4 Å². The minimum Gasteiger partial charge on any atom is -0.493 e. The lowest BCUT2D eigenvalue weighted by Crippen LogP contribution is -2.29. The molecule has 0 aliphatic rings. The van der Waals surface area contributed by atoms with E-state index in [2.05, 4.69) is 15.3 Å². The van der Waals surface area contributed by atoms with E-state index in [4.69, 9.17) is 21.1 Å². The molecule has 0 atom stereocenters. The number of rotatable bonds is 8. The Bertz CT molecular complexity index is 2130. The van der Waals surface area contributed by atoms with Crippen LogP contribution >= 0.6 is 11.6 Å². The summed E-state index contributed by atoms with van der Waals surface area (Å²) in [5, 5.41) is 2.99. The quantitative estimate of drug-likeness (QED) is 0.178. The molecule has 6 rings (SSSR count). The summed E-state index contributed by atoms with van der Waals surface area (Å²) >= 11 is 5.99. The molecule has 12 heteroatoms. The van der Waals surface area contributed by atoms with E-state index < -0.39 is 28.9 Å². The van der Waals surface area contributed by atoms with Gasteiger partial charge in [0.2, 0.25) is 0 Å². The molecule has 1 amide bonds. The molecule has 3 aromatic carbocycles. The van der Waals surface area contributed by atoms with Crippen LogP contribution in [-0.2, 0) is 0 Å². The van der Waals surface area contributed by atoms with Gasteiger partial charge in [0.05, 0.1) is 17.0 Å². The Morgan fingerprint density at radius 3 is 2.49 bits per heavy atom. The molecule has 0 saturated carbocycles. The number of carbonyl (C=O) groups is 1. The maximum Gasteiger partial charge on any atom is 0.271 e. The average molecular weight is 631 g/mol. The molecule has 45 heavy (non-hydrogen) atoms. The van der Waals surface area contributed by atoms with Crippen molar-refractivity contribution in [2.24, 2.45) is 0 Å². The number of fused-ring (bicyclic) bond motifs is 1. The number of nitrogens with one attached hydrogen (secondary N) is 2. The van der Waals surface area contributed by atoms with Gasteiger partial charge >= 0.3 is 0 Å². The zero-order chi connectivity index (χ0) is 31.7. The van der Waals surface area contributed by atoms with Crippen LogP contribution in [0.1, 0.15) is 17.3 Å². The Balaban J connectivity index is 1.29. The summed E-state index contributed by atoms with van der Waals surface area (Å²) < 4.78 is 55.2. The summed E-state index contributed by atoms with van der Waals surface area (Å²) in [4.78, 5) is 34.0. The molecule has 0 aliphatic carbocycles. The van der Waals surface area contributed by atoms with Gasteiger partial charge in [-0.1, -0.05) is 17.7 Å². The van der Waals surface area contributed by atoms with Crippen molar-refractivity contribution in [1.82, 2.24) is 14.5 Å². The number of aromatic amines is 1. The van der Waals surface area contributed by atoms with Gasteiger partial charge in [0.1, 0.15) is 34.3 Å². The minimum atomic E-state index is -0.834. The first-order chi connectivity index (χ1) is 21.7. The molecule has 3 heterocycles. The van der Waals surface area contributed by atoms with Crippen LogP contribution in [-0.4, -0.2) is 27.0 Å². The van der Waals surface area contributed by atoms with Crippen LogP contribution in [0.15, 0.2) is 96.2 Å². The number of anilines is 1. The number of carbonyl (C=O) groups excluding carboxylic acids is 1. The zero-order valence-corrected chi connectivity index (χ0v) is 24.2. The summed E-state index contributed by atoms with van der Waals surface area (Å²) in [6.07, 6.45) is 4.56. The van der Waals surface area contributed by atoms with E-state index in [0.717, 1.165) is 6.07 Å². The van der Waals surface area contributed by atoms with Crippen molar-refractivity contribution in [3.05, 3.63) is 130 Å². The smallest absolute Gasteiger partial charge is 0.271 e. The lowest BCUT2D eigenvalue weighted by Gasteiger charge is -2.14. The van der Waals surface area contributed by atoms with Crippen molar-refractivity contribution in [2.45, 2.75) is 6.92 Å². The summed E-state index contributed by atoms with van der Waals surface area (Å²) in [5.41, 5.74) is 1.01. The minimum absolute atomic E-state index is 0.0326. The molecule has 0 unspecified atom stereocenters. The molecule has 3 aromatic heterocycles. The predicted molar refractivity (Wildman–Crippen MR) is 164 cm³/mol. The van der Waals surface area contributed by atoms with Crippen molar-refractivity contribution in [2.75, 3.05) is 11.9 Å². The van der Waals surface area contributed by atoms with E-state index in [-0.39, 0.29) is 40.1 Å². The van der Waals surface area contributed by atoms with Crippen LogP contribution in [0.2, 0.25) is 5.02 Å². The first kappa shape index (κ1) is 29.5. The topological polar surface area (TPSA) is 98.2 Å². The number of H-pyrrole nitrogens is 1. The molecule has 226 valence electrons. The van der Waals surface area contributed by atoms with E-state index in [1.54, 1.807) is 25.3 Å². The summed E-state index contributed by atoms with van der Waals surface area (Å²) in [7, 11) is 0. The first-order valence-corrected chi connectivity index (χ1v) is 14.0. The van der Waals surface area contributed by atoms with E-state index in [1.807, 2.05) is 0 Å². The highest BCUT2D eigenvalue weighted by Gasteiger charge is 2.21. The number of ether oxygens (including phenoxy) is 2. The fourth-order valence-corrected chi connectivity index (χ4v) is 4.97. The highest BCUT2D eigenvalue weighted by Crippen LogP contribution is 2.38. The molecule has 8 nitrogen and oxygen atoms in total. The second-order valence-electron chi connectivity index (χ2n) is 9.70. The third kappa shape index (κ3) is 5.85. The SMILES string of the molecule is CCOc1ccn(-c2ccc(F)cc2)c(=O)c1C(=O)Nc1ccc(Oc2ccnc3[nH]cc(-c4ccc(F)c(Cl)c4)c23)c(F)c1. The Kier molecular flexibility index (Phi) is 8.01. The van der Waals surface area contributed by atoms with Gasteiger partial charge in [0.15, 0.2) is 11.6 Å². The van der Waals surface area contributed by atoms with Gasteiger partial charge in [0, 0.05) is 41.6 Å². The normalized spacial score (nSPS) is 11.0. The maximum absolute atomic E-state index is 15.4. The Morgan fingerprint density at radius 2 is 1.76 bits per heavy atom. The number of pyridine rings is 2. The third-order valence-electron chi connectivity index (χ3n) is 6.86. The summed E-state index contributed by atoms with van der Waals surface area (Å²) in [6.45, 7) is 1.88. The fraction of sp³-hybridized carbons (Fsp3) is 0.0606. The van der Waals surface area contributed by atoms with Crippen LogP contribution in [0.3, 0.4) is 0 Å². The largest absolute Gasteiger partial charge is 0.493 e. The van der Waals surface area contributed by atoms with Crippen LogP contribution in [0.4, 0.5) is 18.9 Å². The Morgan fingerprint density at radius 1 is 0.956 bits per heavy atom. The molecule has 0 fully saturated rings. The number of benzene rings is 3. The van der Waals surface area contributed by atoms with Gasteiger partial charge in [-0.25, -0.2) is 18.2 Å². The molecule has 2 N–H and O–H groups in total. The third-order valence-corrected chi connectivity index (χ3v) is 7.15. The van der Waals surface area contributed by atoms with Crippen LogP contribution in [0, 0.1) is 17.5 Å². The molecule has 0 bridgehead atoms. The monoisotopic (exact) mass is 630 g/mol. The van der Waals surface area contributed by atoms with Crippen molar-refractivity contribution in [3.8, 4) is 34.1 Å². The molecule has 0 radical (unpaired) electrons. The molecular weight excluding hydrogens is 609 g/mol. The number of hydrogen-bond donors (Lipinski definition) is 2. The van der Waals surface area contributed by atoms with Crippen molar-refractivity contribution >= 4 is 34.2 Å². The van der Waals surface area contributed by atoms with Gasteiger partial charge in [-0.15, -0.1) is 0 Å². The van der Waals surface area contributed by atoms with Crippen molar-refractivity contribution in [3.63, 3.8) is 0 Å². The standard InChI is InChI=1S/C33H22ClF3N4O4/c1-2-44-27-12-14-41(21-7-4-19(35)5-8-21)33(43)30(27)32(42)40-20-6-10-26(25(37)16-20)45-28-11-13-38-31-29(28)22(17-39-31)18-3-9-24(36)23(34)15-18/h3-17H,2H2,1H3,(H,38,39)(H,40,42). The summed E-state index contributed by atoms with van der Waals surface area (Å²) in [5.74, 6) is -2.54. The summed E-state index contributed by atoms with van der Waals surface area (Å²) in [6, 6.07) is 16.2. The molecular formula is C33H22ClF3N4O4. The van der Waals surface area contributed by atoms with E-state index in [0.29, 0.717) is 27.8 Å². The van der Waals surface area contributed by atoms with Crippen LogP contribution in [0.25, 0.3) is 27.8 Å². The average Bonchev–Trinajstić information content (AvgIpc) is 3.46. The number of amides is 1. The number of halogens is 4. The zero-order valence-electron chi connectivity index (χ0n) is 23.4. The Labute approximate surface area is 258 Å². The van der Waals surface area contributed by atoms with Gasteiger partial charge in [-0.3, -0.25) is 14.2 Å².